The first-order chi connectivity index (χ1) is 12.4. The van der Waals surface area contributed by atoms with Gasteiger partial charge in [-0.05, 0) is 31.4 Å². The fourth-order valence-electron chi connectivity index (χ4n) is 3.47. The molecule has 1 aliphatic carbocycles. The van der Waals surface area contributed by atoms with E-state index in [2.05, 4.69) is 15.1 Å². The van der Waals surface area contributed by atoms with Gasteiger partial charge in [-0.25, -0.2) is 9.97 Å². The minimum atomic E-state index is -4.52. The van der Waals surface area contributed by atoms with E-state index in [0.717, 1.165) is 33.7 Å². The van der Waals surface area contributed by atoms with Gasteiger partial charge in [-0.15, -0.1) is 0 Å². The molecule has 4 aromatic rings. The Labute approximate surface area is 146 Å². The molecule has 0 aliphatic heterocycles. The Bertz CT molecular complexity index is 1150. The predicted molar refractivity (Wildman–Crippen MR) is 89.3 cm³/mol. The average molecular weight is 357 g/mol. The number of benzene rings is 1. The number of hydrogen-bond acceptors (Lipinski definition) is 3. The number of halogens is 3. The monoisotopic (exact) mass is 357 g/mol. The van der Waals surface area contributed by atoms with E-state index in [9.17, 15) is 13.2 Å². The van der Waals surface area contributed by atoms with Crippen molar-refractivity contribution in [2.75, 3.05) is 0 Å². The van der Waals surface area contributed by atoms with Gasteiger partial charge in [0.25, 0.3) is 0 Å². The molecule has 0 atom stereocenters. The molecule has 26 heavy (non-hydrogen) atoms. The molecule has 1 aliphatic rings. The summed E-state index contributed by atoms with van der Waals surface area (Å²) in [7, 11) is 0. The Kier molecular flexibility index (Phi) is 2.99. The van der Waals surface area contributed by atoms with Crippen molar-refractivity contribution in [1.29, 1.82) is 0 Å². The molecule has 1 fully saturated rings. The number of aryl methyl sites for hydroxylation is 1. The van der Waals surface area contributed by atoms with Crippen LogP contribution in [0.15, 0.2) is 36.7 Å². The first-order valence-corrected chi connectivity index (χ1v) is 8.33. The quantitative estimate of drug-likeness (QED) is 0.538. The van der Waals surface area contributed by atoms with Crippen LogP contribution in [0, 0.1) is 6.92 Å². The highest BCUT2D eigenvalue weighted by atomic mass is 19.4. The van der Waals surface area contributed by atoms with Crippen LogP contribution in [0.3, 0.4) is 0 Å². The van der Waals surface area contributed by atoms with Crippen molar-refractivity contribution < 1.29 is 13.2 Å². The van der Waals surface area contributed by atoms with Crippen molar-refractivity contribution in [3.05, 3.63) is 53.6 Å². The Morgan fingerprint density at radius 3 is 2.69 bits per heavy atom. The normalized spacial score (nSPS) is 15.2. The van der Waals surface area contributed by atoms with Crippen molar-refractivity contribution in [1.82, 2.24) is 24.1 Å². The number of para-hydroxylation sites is 1. The summed E-state index contributed by atoms with van der Waals surface area (Å²) in [6, 6.07) is 7.17. The SMILES string of the molecule is Cc1cccc2cnn(-c3nccc4nc(C5CC5)c(C(F)(F)F)n34)c12. The summed E-state index contributed by atoms with van der Waals surface area (Å²) in [6.07, 6.45) is 0.0569. The Morgan fingerprint density at radius 2 is 1.96 bits per heavy atom. The van der Waals surface area contributed by atoms with Crippen LogP contribution in [-0.2, 0) is 6.18 Å². The highest BCUT2D eigenvalue weighted by molar-refractivity contribution is 5.83. The van der Waals surface area contributed by atoms with Crippen LogP contribution < -0.4 is 0 Å². The molecule has 0 radical (unpaired) electrons. The highest BCUT2D eigenvalue weighted by Gasteiger charge is 2.43. The van der Waals surface area contributed by atoms with Crippen molar-refractivity contribution in [2.24, 2.45) is 0 Å². The summed E-state index contributed by atoms with van der Waals surface area (Å²) in [5.41, 5.74) is 1.26. The number of rotatable bonds is 2. The number of fused-ring (bicyclic) bond motifs is 2. The number of imidazole rings is 1. The average Bonchev–Trinajstić information content (AvgIpc) is 3.20. The molecule has 0 N–H and O–H groups in total. The topological polar surface area (TPSA) is 48.0 Å². The molecule has 3 aromatic heterocycles. The lowest BCUT2D eigenvalue weighted by molar-refractivity contribution is -0.142. The molecule has 0 bridgehead atoms. The van der Waals surface area contributed by atoms with Crippen LogP contribution in [0.2, 0.25) is 0 Å². The van der Waals surface area contributed by atoms with E-state index in [1.54, 1.807) is 6.20 Å². The maximum atomic E-state index is 13.9. The van der Waals surface area contributed by atoms with Crippen LogP contribution in [0.1, 0.15) is 35.7 Å². The Hall–Kier alpha value is -2.90. The second kappa shape index (κ2) is 5.06. The lowest BCUT2D eigenvalue weighted by Crippen LogP contribution is -2.16. The number of nitrogens with zero attached hydrogens (tertiary/aromatic N) is 5. The van der Waals surface area contributed by atoms with Gasteiger partial charge < -0.3 is 0 Å². The minimum Gasteiger partial charge on any atom is -0.256 e. The summed E-state index contributed by atoms with van der Waals surface area (Å²) >= 11 is 0. The molecule has 8 heteroatoms. The number of aromatic nitrogens is 5. The molecular weight excluding hydrogens is 343 g/mol. The maximum absolute atomic E-state index is 13.9. The fourth-order valence-corrected chi connectivity index (χ4v) is 3.47. The second-order valence-corrected chi connectivity index (χ2v) is 6.63. The van der Waals surface area contributed by atoms with Crippen molar-refractivity contribution in [3.8, 4) is 5.95 Å². The van der Waals surface area contributed by atoms with E-state index in [4.69, 9.17) is 0 Å². The summed E-state index contributed by atoms with van der Waals surface area (Å²) in [4.78, 5) is 8.51. The van der Waals surface area contributed by atoms with Gasteiger partial charge in [-0.2, -0.15) is 23.0 Å². The maximum Gasteiger partial charge on any atom is 0.433 e. The summed E-state index contributed by atoms with van der Waals surface area (Å²) in [5.74, 6) is -0.0333. The van der Waals surface area contributed by atoms with E-state index in [1.807, 2.05) is 25.1 Å². The van der Waals surface area contributed by atoms with E-state index < -0.39 is 11.9 Å². The van der Waals surface area contributed by atoms with E-state index in [1.165, 1.54) is 16.9 Å². The first kappa shape index (κ1) is 15.4. The molecule has 132 valence electrons. The number of hydrogen-bond donors (Lipinski definition) is 0. The van der Waals surface area contributed by atoms with Crippen molar-refractivity contribution >= 4 is 16.6 Å². The van der Waals surface area contributed by atoms with Gasteiger partial charge in [0, 0.05) is 17.5 Å². The molecule has 5 rings (SSSR count). The Morgan fingerprint density at radius 1 is 1.15 bits per heavy atom. The van der Waals surface area contributed by atoms with Gasteiger partial charge in [0.1, 0.15) is 5.65 Å². The van der Waals surface area contributed by atoms with Gasteiger partial charge in [-0.1, -0.05) is 18.2 Å². The third-order valence-electron chi connectivity index (χ3n) is 4.76. The largest absolute Gasteiger partial charge is 0.433 e. The summed E-state index contributed by atoms with van der Waals surface area (Å²) in [5, 5.41) is 5.15. The molecule has 1 saturated carbocycles. The lowest BCUT2D eigenvalue weighted by atomic mass is 10.2. The van der Waals surface area contributed by atoms with Crippen LogP contribution in [0.5, 0.6) is 0 Å². The van der Waals surface area contributed by atoms with Gasteiger partial charge in [0.05, 0.1) is 17.4 Å². The van der Waals surface area contributed by atoms with Gasteiger partial charge in [0.15, 0.2) is 5.69 Å². The minimum absolute atomic E-state index is 0.0959. The fraction of sp³-hybridized carbons (Fsp3) is 0.278. The van der Waals surface area contributed by atoms with Crippen molar-refractivity contribution in [2.45, 2.75) is 31.9 Å². The Balaban J connectivity index is 1.89. The lowest BCUT2D eigenvalue weighted by Gasteiger charge is -2.12. The predicted octanol–water partition coefficient (Wildman–Crippen LogP) is 4.27. The zero-order valence-electron chi connectivity index (χ0n) is 13.8. The zero-order chi connectivity index (χ0) is 18.1. The molecular formula is C18H14F3N5. The van der Waals surface area contributed by atoms with E-state index >= 15 is 0 Å². The second-order valence-electron chi connectivity index (χ2n) is 6.63. The zero-order valence-corrected chi connectivity index (χ0v) is 13.8. The molecule has 0 amide bonds. The summed E-state index contributed by atoms with van der Waals surface area (Å²) < 4.78 is 44.2. The number of alkyl halides is 3. The van der Waals surface area contributed by atoms with Gasteiger partial charge in [0.2, 0.25) is 5.95 Å². The third kappa shape index (κ3) is 2.14. The van der Waals surface area contributed by atoms with Gasteiger partial charge >= 0.3 is 6.18 Å². The molecule has 0 saturated heterocycles. The van der Waals surface area contributed by atoms with Crippen LogP contribution >= 0.6 is 0 Å². The van der Waals surface area contributed by atoms with E-state index in [-0.39, 0.29) is 23.2 Å². The standard InChI is InChI=1S/C18H14F3N5/c1-10-3-2-4-12-9-23-26(15(10)12)17-22-8-7-13-24-14(11-5-6-11)16(25(13)17)18(19,20)21/h2-4,7-9,11H,5-6H2,1H3. The van der Waals surface area contributed by atoms with Gasteiger partial charge in [-0.3, -0.25) is 4.40 Å². The van der Waals surface area contributed by atoms with Crippen LogP contribution in [0.25, 0.3) is 22.5 Å². The molecule has 0 spiro atoms. The summed E-state index contributed by atoms with van der Waals surface area (Å²) in [6.45, 7) is 1.90. The third-order valence-corrected chi connectivity index (χ3v) is 4.76. The van der Waals surface area contributed by atoms with Crippen LogP contribution in [0.4, 0.5) is 13.2 Å². The molecule has 0 unspecified atom stereocenters. The molecule has 1 aromatic carbocycles. The van der Waals surface area contributed by atoms with Crippen molar-refractivity contribution in [3.63, 3.8) is 0 Å². The smallest absolute Gasteiger partial charge is 0.256 e. The molecule has 3 heterocycles. The molecule has 5 nitrogen and oxygen atoms in total. The highest BCUT2D eigenvalue weighted by Crippen LogP contribution is 2.46. The van der Waals surface area contributed by atoms with E-state index in [0.29, 0.717) is 0 Å². The first-order valence-electron chi connectivity index (χ1n) is 8.33. The van der Waals surface area contributed by atoms with Crippen LogP contribution in [-0.4, -0.2) is 24.1 Å².